The van der Waals surface area contributed by atoms with E-state index in [0.717, 1.165) is 19.3 Å². The summed E-state index contributed by atoms with van der Waals surface area (Å²) in [5.41, 5.74) is 0.524. The Morgan fingerprint density at radius 3 is 2.79 bits per heavy atom. The molecule has 2 fully saturated rings. The number of amides is 2. The number of thioether (sulfide) groups is 1. The van der Waals surface area contributed by atoms with Crippen LogP contribution in [-0.4, -0.2) is 48.1 Å². The third-order valence-electron chi connectivity index (χ3n) is 5.28. The van der Waals surface area contributed by atoms with Crippen molar-refractivity contribution in [1.29, 1.82) is 0 Å². The average Bonchev–Trinajstić information content (AvgIpc) is 2.71. The highest BCUT2D eigenvalue weighted by molar-refractivity contribution is 8.00. The molecule has 1 saturated carbocycles. The van der Waals surface area contributed by atoms with Crippen LogP contribution >= 0.6 is 11.8 Å². The zero-order valence-electron chi connectivity index (χ0n) is 16.1. The maximum Gasteiger partial charge on any atom is 0.243 e. The van der Waals surface area contributed by atoms with Crippen molar-refractivity contribution >= 4 is 23.6 Å². The zero-order valence-corrected chi connectivity index (χ0v) is 16.9. The molecule has 1 aromatic rings. The lowest BCUT2D eigenvalue weighted by atomic mass is 9.98. The molecule has 7 heteroatoms. The van der Waals surface area contributed by atoms with E-state index in [2.05, 4.69) is 10.6 Å². The van der Waals surface area contributed by atoms with Gasteiger partial charge in [-0.05, 0) is 37.3 Å². The molecule has 28 heavy (non-hydrogen) atoms. The van der Waals surface area contributed by atoms with E-state index >= 15 is 0 Å². The van der Waals surface area contributed by atoms with Gasteiger partial charge in [0.2, 0.25) is 11.8 Å². The Balaban J connectivity index is 1.33. The van der Waals surface area contributed by atoms with Crippen LogP contribution in [0.3, 0.4) is 0 Å². The molecule has 0 bridgehead atoms. The Morgan fingerprint density at radius 2 is 2.04 bits per heavy atom. The van der Waals surface area contributed by atoms with Crippen LogP contribution in [0, 0.1) is 5.82 Å². The molecule has 2 atom stereocenters. The smallest absolute Gasteiger partial charge is 0.243 e. The number of carbonyl (C=O) groups excluding carboxylic acids is 2. The number of halogens is 1. The molecule has 0 radical (unpaired) electrons. The number of hydrogen-bond donors (Lipinski definition) is 2. The summed E-state index contributed by atoms with van der Waals surface area (Å²) in [5.74, 6) is -0.177. The normalized spacial score (nSPS) is 23.2. The molecule has 1 heterocycles. The molecule has 5 nitrogen and oxygen atoms in total. The SMILES string of the molecule is O=C(NCCCOC1CCCCC1)[C@H]1CS[C@H](Cc2ccccc2F)C(=O)N1. The zero-order chi connectivity index (χ0) is 19.8. The van der Waals surface area contributed by atoms with Gasteiger partial charge < -0.3 is 15.4 Å². The minimum atomic E-state index is -0.534. The van der Waals surface area contributed by atoms with Crippen molar-refractivity contribution in [3.63, 3.8) is 0 Å². The molecular formula is C21H29FN2O3S. The summed E-state index contributed by atoms with van der Waals surface area (Å²) in [5, 5.41) is 5.28. The van der Waals surface area contributed by atoms with Gasteiger partial charge in [0.05, 0.1) is 11.4 Å². The van der Waals surface area contributed by atoms with Gasteiger partial charge in [0, 0.05) is 18.9 Å². The van der Waals surface area contributed by atoms with Crippen LogP contribution in [0.4, 0.5) is 4.39 Å². The number of ether oxygens (including phenoxy) is 1. The number of benzene rings is 1. The topological polar surface area (TPSA) is 67.4 Å². The summed E-state index contributed by atoms with van der Waals surface area (Å²) in [4.78, 5) is 24.6. The molecule has 2 aliphatic rings. The van der Waals surface area contributed by atoms with Crippen LogP contribution in [0.1, 0.15) is 44.1 Å². The quantitative estimate of drug-likeness (QED) is 0.649. The molecule has 0 aromatic heterocycles. The Bertz CT molecular complexity index is 667. The standard InChI is InChI=1S/C21H29FN2O3S/c22-17-10-5-4-7-15(17)13-19-21(26)24-18(14-28-19)20(25)23-11-6-12-27-16-8-2-1-3-9-16/h4-5,7,10,16,18-19H,1-3,6,8-9,11-14H2,(H,23,25)(H,24,26)/t18-,19-/m1/s1. The summed E-state index contributed by atoms with van der Waals surface area (Å²) in [6, 6.07) is 5.95. The Kier molecular flexibility index (Phi) is 8.15. The largest absolute Gasteiger partial charge is 0.378 e. The van der Waals surface area contributed by atoms with Crippen molar-refractivity contribution in [2.24, 2.45) is 0 Å². The summed E-state index contributed by atoms with van der Waals surface area (Å²) < 4.78 is 19.6. The Morgan fingerprint density at radius 1 is 1.25 bits per heavy atom. The van der Waals surface area contributed by atoms with Gasteiger partial charge in [-0.3, -0.25) is 9.59 Å². The molecular weight excluding hydrogens is 379 g/mol. The summed E-state index contributed by atoms with van der Waals surface area (Å²) in [6.45, 7) is 1.20. The molecule has 2 N–H and O–H groups in total. The first-order chi connectivity index (χ1) is 13.6. The minimum Gasteiger partial charge on any atom is -0.378 e. The molecule has 1 aromatic carbocycles. The van der Waals surface area contributed by atoms with Crippen molar-refractivity contribution in [2.75, 3.05) is 18.9 Å². The highest BCUT2D eigenvalue weighted by atomic mass is 32.2. The van der Waals surface area contributed by atoms with Crippen LogP contribution < -0.4 is 10.6 Å². The van der Waals surface area contributed by atoms with E-state index in [1.807, 2.05) is 0 Å². The third kappa shape index (κ3) is 6.21. The predicted molar refractivity (Wildman–Crippen MR) is 109 cm³/mol. The number of hydrogen-bond acceptors (Lipinski definition) is 4. The molecule has 1 aliphatic heterocycles. The molecule has 1 aliphatic carbocycles. The summed E-state index contributed by atoms with van der Waals surface area (Å²) in [7, 11) is 0. The predicted octanol–water partition coefficient (Wildman–Crippen LogP) is 2.82. The van der Waals surface area contributed by atoms with Crippen molar-refractivity contribution in [3.8, 4) is 0 Å². The number of carbonyl (C=O) groups is 2. The molecule has 2 amide bonds. The van der Waals surface area contributed by atoms with E-state index in [9.17, 15) is 14.0 Å². The van der Waals surface area contributed by atoms with Crippen LogP contribution in [0.5, 0.6) is 0 Å². The maximum atomic E-state index is 13.8. The average molecular weight is 409 g/mol. The van der Waals surface area contributed by atoms with Gasteiger partial charge in [-0.2, -0.15) is 0 Å². The van der Waals surface area contributed by atoms with Gasteiger partial charge in [-0.15, -0.1) is 11.8 Å². The summed E-state index contributed by atoms with van der Waals surface area (Å²) in [6.07, 6.45) is 7.57. The van der Waals surface area contributed by atoms with Crippen LogP contribution in [0.2, 0.25) is 0 Å². The molecule has 3 rings (SSSR count). The van der Waals surface area contributed by atoms with Gasteiger partial charge in [0.1, 0.15) is 11.9 Å². The van der Waals surface area contributed by atoms with Crippen molar-refractivity contribution < 1.29 is 18.7 Å². The van der Waals surface area contributed by atoms with Crippen molar-refractivity contribution in [1.82, 2.24) is 10.6 Å². The number of nitrogens with one attached hydrogen (secondary N) is 2. The second-order valence-electron chi connectivity index (χ2n) is 7.45. The lowest BCUT2D eigenvalue weighted by Gasteiger charge is -2.28. The minimum absolute atomic E-state index is 0.164. The van der Waals surface area contributed by atoms with Crippen molar-refractivity contribution in [3.05, 3.63) is 35.6 Å². The first-order valence-corrected chi connectivity index (χ1v) is 11.2. The van der Waals surface area contributed by atoms with Crippen molar-refractivity contribution in [2.45, 2.75) is 62.3 Å². The van der Waals surface area contributed by atoms with Gasteiger partial charge >= 0.3 is 0 Å². The van der Waals surface area contributed by atoms with E-state index < -0.39 is 6.04 Å². The molecule has 154 valence electrons. The van der Waals surface area contributed by atoms with E-state index in [-0.39, 0.29) is 22.9 Å². The lowest BCUT2D eigenvalue weighted by molar-refractivity contribution is -0.128. The summed E-state index contributed by atoms with van der Waals surface area (Å²) >= 11 is 1.41. The molecule has 0 unspecified atom stereocenters. The second-order valence-corrected chi connectivity index (χ2v) is 8.69. The molecule has 1 saturated heterocycles. The van der Waals surface area contributed by atoms with Gasteiger partial charge in [-0.25, -0.2) is 4.39 Å². The maximum absolute atomic E-state index is 13.8. The highest BCUT2D eigenvalue weighted by Gasteiger charge is 2.32. The van der Waals surface area contributed by atoms with E-state index in [1.54, 1.807) is 18.2 Å². The fourth-order valence-corrected chi connectivity index (χ4v) is 4.82. The van der Waals surface area contributed by atoms with E-state index in [0.29, 0.717) is 37.0 Å². The second kappa shape index (κ2) is 10.8. The lowest BCUT2D eigenvalue weighted by Crippen LogP contribution is -2.54. The van der Waals surface area contributed by atoms with E-state index in [4.69, 9.17) is 4.74 Å². The Labute approximate surface area is 170 Å². The van der Waals surface area contributed by atoms with Gasteiger partial charge in [0.25, 0.3) is 0 Å². The monoisotopic (exact) mass is 408 g/mol. The van der Waals surface area contributed by atoms with E-state index in [1.165, 1.54) is 37.1 Å². The number of rotatable bonds is 8. The van der Waals surface area contributed by atoms with Gasteiger partial charge in [-0.1, -0.05) is 37.5 Å². The first-order valence-electron chi connectivity index (χ1n) is 10.2. The molecule has 0 spiro atoms. The van der Waals surface area contributed by atoms with Gasteiger partial charge in [0.15, 0.2) is 0 Å². The fourth-order valence-electron chi connectivity index (χ4n) is 3.64. The fraction of sp³-hybridized carbons (Fsp3) is 0.619. The first kappa shape index (κ1) is 21.1. The third-order valence-corrected chi connectivity index (χ3v) is 6.59. The van der Waals surface area contributed by atoms with Crippen LogP contribution in [0.25, 0.3) is 0 Å². The Hall–Kier alpha value is -1.60. The highest BCUT2D eigenvalue weighted by Crippen LogP contribution is 2.23. The van der Waals surface area contributed by atoms with Crippen LogP contribution in [0.15, 0.2) is 24.3 Å². The van der Waals surface area contributed by atoms with Crippen LogP contribution in [-0.2, 0) is 20.7 Å².